The first-order valence-electron chi connectivity index (χ1n) is 8.07. The fourth-order valence-corrected chi connectivity index (χ4v) is 2.86. The van der Waals surface area contributed by atoms with Crippen LogP contribution in [-0.2, 0) is 0 Å². The molecule has 3 aromatic rings. The minimum atomic E-state index is -0.237. The van der Waals surface area contributed by atoms with Crippen molar-refractivity contribution in [1.29, 1.82) is 0 Å². The maximum absolute atomic E-state index is 11.9. The molecule has 2 aromatic carbocycles. The third-order valence-corrected chi connectivity index (χ3v) is 4.28. The number of anilines is 1. The van der Waals surface area contributed by atoms with E-state index in [0.29, 0.717) is 18.0 Å². The molecule has 0 bridgehead atoms. The predicted octanol–water partition coefficient (Wildman–Crippen LogP) is 4.18. The first kappa shape index (κ1) is 17.8. The highest BCUT2D eigenvalue weighted by atomic mass is 32.2. The van der Waals surface area contributed by atoms with Gasteiger partial charge in [-0.2, -0.15) is 0 Å². The number of ether oxygens (including phenoxy) is 1. The summed E-state index contributed by atoms with van der Waals surface area (Å²) in [5.41, 5.74) is 0.680. The fourth-order valence-electron chi connectivity index (χ4n) is 2.08. The van der Waals surface area contributed by atoms with Crippen molar-refractivity contribution in [2.75, 3.05) is 17.6 Å². The van der Waals surface area contributed by atoms with Gasteiger partial charge in [-0.25, -0.2) is 14.8 Å². The van der Waals surface area contributed by atoms with Gasteiger partial charge in [0.15, 0.2) is 0 Å². The maximum Gasteiger partial charge on any atom is 0.321 e. The van der Waals surface area contributed by atoms with E-state index in [1.165, 1.54) is 4.90 Å². The molecule has 0 spiro atoms. The van der Waals surface area contributed by atoms with Gasteiger partial charge in [-0.05, 0) is 42.5 Å². The summed E-state index contributed by atoms with van der Waals surface area (Å²) in [7, 11) is 0. The quantitative estimate of drug-likeness (QED) is 0.484. The average molecular weight is 366 g/mol. The molecule has 0 radical (unpaired) electrons. The second-order valence-corrected chi connectivity index (χ2v) is 6.37. The number of carbonyl (C=O) groups is 1. The van der Waals surface area contributed by atoms with Crippen LogP contribution in [-0.4, -0.2) is 28.3 Å². The molecule has 132 valence electrons. The predicted molar refractivity (Wildman–Crippen MR) is 103 cm³/mol. The molecule has 0 aliphatic rings. The Kier molecular flexibility index (Phi) is 6.44. The highest BCUT2D eigenvalue weighted by molar-refractivity contribution is 7.99. The van der Waals surface area contributed by atoms with Gasteiger partial charge in [0, 0.05) is 35.3 Å². The average Bonchev–Trinajstić information content (AvgIpc) is 2.68. The summed E-state index contributed by atoms with van der Waals surface area (Å²) < 4.78 is 5.51. The van der Waals surface area contributed by atoms with E-state index >= 15 is 0 Å². The standard InChI is InChI=1S/C19H18N4O2S/c24-18(20-13-14-26-17-5-2-1-3-6-17)23-15-7-9-16(10-8-15)25-19-21-11-4-12-22-19/h1-12H,13-14H2,(H2,20,23,24). The number of nitrogens with zero attached hydrogens (tertiary/aromatic N) is 2. The lowest BCUT2D eigenvalue weighted by atomic mass is 10.3. The maximum atomic E-state index is 11.9. The molecule has 0 atom stereocenters. The van der Waals surface area contributed by atoms with Gasteiger partial charge in [0.2, 0.25) is 0 Å². The molecule has 26 heavy (non-hydrogen) atoms. The summed E-state index contributed by atoms with van der Waals surface area (Å²) in [6.07, 6.45) is 3.22. The van der Waals surface area contributed by atoms with E-state index in [4.69, 9.17) is 4.74 Å². The molecule has 1 aromatic heterocycles. The Hall–Kier alpha value is -3.06. The van der Waals surface area contributed by atoms with Gasteiger partial charge in [-0.1, -0.05) is 18.2 Å². The van der Waals surface area contributed by atoms with Crippen LogP contribution < -0.4 is 15.4 Å². The molecule has 7 heteroatoms. The van der Waals surface area contributed by atoms with Crippen LogP contribution in [0.5, 0.6) is 11.8 Å². The minimum Gasteiger partial charge on any atom is -0.424 e. The Morgan fingerprint density at radius 2 is 1.69 bits per heavy atom. The smallest absolute Gasteiger partial charge is 0.321 e. The van der Waals surface area contributed by atoms with Crippen LogP contribution in [0.2, 0.25) is 0 Å². The van der Waals surface area contributed by atoms with Gasteiger partial charge in [0.1, 0.15) is 5.75 Å². The largest absolute Gasteiger partial charge is 0.424 e. The molecular weight excluding hydrogens is 348 g/mol. The van der Waals surface area contributed by atoms with E-state index in [1.807, 2.05) is 18.2 Å². The lowest BCUT2D eigenvalue weighted by Crippen LogP contribution is -2.30. The molecule has 0 fully saturated rings. The molecule has 0 aliphatic carbocycles. The lowest BCUT2D eigenvalue weighted by Gasteiger charge is -2.08. The normalized spacial score (nSPS) is 10.2. The van der Waals surface area contributed by atoms with Crippen LogP contribution >= 0.6 is 11.8 Å². The zero-order chi connectivity index (χ0) is 18.0. The summed E-state index contributed by atoms with van der Waals surface area (Å²) in [5, 5.41) is 5.62. The van der Waals surface area contributed by atoms with Crippen LogP contribution in [0.1, 0.15) is 0 Å². The Balaban J connectivity index is 1.40. The van der Waals surface area contributed by atoms with Gasteiger partial charge in [0.05, 0.1) is 0 Å². The molecule has 0 saturated carbocycles. The van der Waals surface area contributed by atoms with Crippen LogP contribution in [0.25, 0.3) is 0 Å². The summed E-state index contributed by atoms with van der Waals surface area (Å²) in [6.45, 7) is 0.581. The van der Waals surface area contributed by atoms with Crippen LogP contribution in [0.4, 0.5) is 10.5 Å². The first-order chi connectivity index (χ1) is 12.8. The number of rotatable bonds is 7. The molecule has 0 aliphatic heterocycles. The van der Waals surface area contributed by atoms with Crippen molar-refractivity contribution in [2.45, 2.75) is 4.90 Å². The van der Waals surface area contributed by atoms with Crippen molar-refractivity contribution in [3.05, 3.63) is 73.1 Å². The monoisotopic (exact) mass is 366 g/mol. The van der Waals surface area contributed by atoms with Gasteiger partial charge >= 0.3 is 12.0 Å². The van der Waals surface area contributed by atoms with Crippen molar-refractivity contribution in [3.63, 3.8) is 0 Å². The zero-order valence-corrected chi connectivity index (χ0v) is 14.8. The Morgan fingerprint density at radius 3 is 2.42 bits per heavy atom. The van der Waals surface area contributed by atoms with E-state index in [2.05, 4.69) is 32.7 Å². The minimum absolute atomic E-state index is 0.237. The number of benzene rings is 2. The van der Waals surface area contributed by atoms with Crippen molar-refractivity contribution < 1.29 is 9.53 Å². The molecule has 1 heterocycles. The summed E-state index contributed by atoms with van der Waals surface area (Å²) in [4.78, 5) is 21.1. The summed E-state index contributed by atoms with van der Waals surface area (Å²) in [5.74, 6) is 1.41. The summed E-state index contributed by atoms with van der Waals surface area (Å²) >= 11 is 1.70. The topological polar surface area (TPSA) is 76.1 Å². The lowest BCUT2D eigenvalue weighted by molar-refractivity contribution is 0.252. The van der Waals surface area contributed by atoms with Gasteiger partial charge in [-0.3, -0.25) is 0 Å². The number of amides is 2. The number of hydrogen-bond acceptors (Lipinski definition) is 5. The van der Waals surface area contributed by atoms with E-state index in [0.717, 1.165) is 5.75 Å². The Morgan fingerprint density at radius 1 is 0.962 bits per heavy atom. The third kappa shape index (κ3) is 5.78. The van der Waals surface area contributed by atoms with Gasteiger partial charge in [0.25, 0.3) is 0 Å². The SMILES string of the molecule is O=C(NCCSc1ccccc1)Nc1ccc(Oc2ncccn2)cc1. The second kappa shape index (κ2) is 9.43. The Labute approximate surface area is 156 Å². The number of urea groups is 1. The van der Waals surface area contributed by atoms with Crippen LogP contribution in [0, 0.1) is 0 Å². The van der Waals surface area contributed by atoms with Crippen molar-refractivity contribution in [2.24, 2.45) is 0 Å². The van der Waals surface area contributed by atoms with E-state index in [1.54, 1.807) is 54.5 Å². The third-order valence-electron chi connectivity index (χ3n) is 3.26. The molecule has 2 amide bonds. The molecule has 0 unspecified atom stereocenters. The zero-order valence-electron chi connectivity index (χ0n) is 14.0. The molecule has 3 rings (SSSR count). The fraction of sp³-hybridized carbons (Fsp3) is 0.105. The second-order valence-electron chi connectivity index (χ2n) is 5.20. The van der Waals surface area contributed by atoms with Crippen LogP contribution in [0.15, 0.2) is 78.0 Å². The Bertz CT molecular complexity index is 814. The number of aromatic nitrogens is 2. The number of thioether (sulfide) groups is 1. The van der Waals surface area contributed by atoms with E-state index < -0.39 is 0 Å². The van der Waals surface area contributed by atoms with E-state index in [9.17, 15) is 4.79 Å². The van der Waals surface area contributed by atoms with Crippen LogP contribution in [0.3, 0.4) is 0 Å². The summed E-state index contributed by atoms with van der Waals surface area (Å²) in [6, 6.07) is 18.9. The van der Waals surface area contributed by atoms with Crippen molar-refractivity contribution in [3.8, 4) is 11.8 Å². The van der Waals surface area contributed by atoms with Gasteiger partial charge < -0.3 is 15.4 Å². The molecule has 6 nitrogen and oxygen atoms in total. The molecule has 2 N–H and O–H groups in total. The first-order valence-corrected chi connectivity index (χ1v) is 9.06. The van der Waals surface area contributed by atoms with Crippen molar-refractivity contribution in [1.82, 2.24) is 15.3 Å². The van der Waals surface area contributed by atoms with Crippen molar-refractivity contribution >= 4 is 23.5 Å². The number of hydrogen-bond donors (Lipinski definition) is 2. The molecule has 0 saturated heterocycles. The molecular formula is C19H18N4O2S. The number of nitrogens with one attached hydrogen (secondary N) is 2. The number of carbonyl (C=O) groups excluding carboxylic acids is 1. The van der Waals surface area contributed by atoms with Gasteiger partial charge in [-0.15, -0.1) is 11.8 Å². The highest BCUT2D eigenvalue weighted by Crippen LogP contribution is 2.20. The van der Waals surface area contributed by atoms with E-state index in [-0.39, 0.29) is 12.0 Å². The highest BCUT2D eigenvalue weighted by Gasteiger charge is 2.03.